The lowest BCUT2D eigenvalue weighted by atomic mass is 9.83. The normalized spacial score (nSPS) is 19.2. The Hall–Kier alpha value is -0.570. The number of hydrogen-bond acceptors (Lipinski definition) is 3. The number of methoxy groups -OCH3 is 1. The van der Waals surface area contributed by atoms with E-state index < -0.39 is 0 Å². The van der Waals surface area contributed by atoms with E-state index in [0.717, 1.165) is 51.3 Å². The van der Waals surface area contributed by atoms with Crippen molar-refractivity contribution in [1.82, 2.24) is 16.0 Å². The number of amides is 1. The van der Waals surface area contributed by atoms with Crippen molar-refractivity contribution in [2.75, 3.05) is 33.9 Å². The van der Waals surface area contributed by atoms with Crippen LogP contribution in [0.4, 0.5) is 0 Å². The van der Waals surface area contributed by atoms with Gasteiger partial charge in [-0.15, -0.1) is 24.0 Å². The smallest absolute Gasteiger partial charge is 0.220 e. The Kier molecular flexibility index (Phi) is 10.7. The summed E-state index contributed by atoms with van der Waals surface area (Å²) in [4.78, 5) is 16.0. The lowest BCUT2D eigenvalue weighted by Crippen LogP contribution is -2.43. The van der Waals surface area contributed by atoms with Crippen LogP contribution >= 0.6 is 24.0 Å². The monoisotopic (exact) mass is 466 g/mol. The molecule has 0 unspecified atom stereocenters. The molecule has 0 heterocycles. The lowest BCUT2D eigenvalue weighted by Gasteiger charge is -2.30. The highest BCUT2D eigenvalue weighted by atomic mass is 127. The number of guanidine groups is 1. The average Bonchev–Trinajstić information content (AvgIpc) is 3.27. The molecule has 2 aliphatic rings. The van der Waals surface area contributed by atoms with Crippen molar-refractivity contribution < 1.29 is 9.53 Å². The number of carbonyl (C=O) groups excluding carboxylic acids is 1. The van der Waals surface area contributed by atoms with Gasteiger partial charge in [0.2, 0.25) is 5.91 Å². The number of hydrogen-bond donors (Lipinski definition) is 3. The molecular weight excluding hydrogens is 431 g/mol. The molecule has 0 radical (unpaired) electrons. The van der Waals surface area contributed by atoms with Gasteiger partial charge in [-0.1, -0.05) is 12.8 Å². The van der Waals surface area contributed by atoms with E-state index in [9.17, 15) is 4.79 Å². The zero-order valence-corrected chi connectivity index (χ0v) is 18.1. The van der Waals surface area contributed by atoms with Gasteiger partial charge in [-0.3, -0.25) is 9.79 Å². The Morgan fingerprint density at radius 1 is 1.24 bits per heavy atom. The van der Waals surface area contributed by atoms with Gasteiger partial charge in [-0.2, -0.15) is 0 Å². The molecule has 146 valence electrons. The molecule has 0 atom stereocenters. The van der Waals surface area contributed by atoms with Gasteiger partial charge in [0, 0.05) is 46.3 Å². The van der Waals surface area contributed by atoms with Gasteiger partial charge in [-0.05, 0) is 43.9 Å². The van der Waals surface area contributed by atoms with E-state index in [4.69, 9.17) is 4.74 Å². The van der Waals surface area contributed by atoms with Crippen LogP contribution in [0.5, 0.6) is 0 Å². The summed E-state index contributed by atoms with van der Waals surface area (Å²) >= 11 is 0. The summed E-state index contributed by atoms with van der Waals surface area (Å²) in [5, 5.41) is 9.81. The SMILES string of the molecule is CN=C(NCCCC(=O)NC1CC1)NCC1(CCOC)CCCC1.I. The Labute approximate surface area is 169 Å². The molecule has 2 saturated carbocycles. The van der Waals surface area contributed by atoms with Gasteiger partial charge in [0.05, 0.1) is 0 Å². The highest BCUT2D eigenvalue weighted by molar-refractivity contribution is 14.0. The average molecular weight is 466 g/mol. The minimum absolute atomic E-state index is 0. The standard InChI is InChI=1S/C18H34N4O2.HI/c1-19-17(20-12-5-6-16(23)22-15-7-8-15)21-14-18(11-13-24-2)9-3-4-10-18;/h15H,3-14H2,1-2H3,(H,22,23)(H2,19,20,21);1H. The molecule has 0 spiro atoms. The highest BCUT2D eigenvalue weighted by Gasteiger charge is 2.33. The van der Waals surface area contributed by atoms with Crippen LogP contribution in [0.3, 0.4) is 0 Å². The number of halogens is 1. The molecule has 1 amide bonds. The van der Waals surface area contributed by atoms with E-state index in [2.05, 4.69) is 20.9 Å². The van der Waals surface area contributed by atoms with Gasteiger partial charge < -0.3 is 20.7 Å². The van der Waals surface area contributed by atoms with Crippen molar-refractivity contribution >= 4 is 35.8 Å². The number of carbonyl (C=O) groups is 1. The number of nitrogens with zero attached hydrogens (tertiary/aromatic N) is 1. The Bertz CT molecular complexity index is 421. The molecule has 0 aromatic heterocycles. The van der Waals surface area contributed by atoms with Crippen LogP contribution in [0, 0.1) is 5.41 Å². The van der Waals surface area contributed by atoms with Crippen LogP contribution < -0.4 is 16.0 Å². The molecule has 25 heavy (non-hydrogen) atoms. The minimum atomic E-state index is 0. The molecule has 2 rings (SSSR count). The van der Waals surface area contributed by atoms with Crippen LogP contribution in [0.1, 0.15) is 57.8 Å². The molecule has 0 saturated heterocycles. The fourth-order valence-corrected chi connectivity index (χ4v) is 3.43. The second kappa shape index (κ2) is 11.9. The van der Waals surface area contributed by atoms with Crippen molar-refractivity contribution in [3.63, 3.8) is 0 Å². The maximum atomic E-state index is 11.7. The second-order valence-electron chi connectivity index (χ2n) is 7.25. The van der Waals surface area contributed by atoms with Gasteiger partial charge in [-0.25, -0.2) is 0 Å². The zero-order valence-electron chi connectivity index (χ0n) is 15.7. The third-order valence-corrected chi connectivity index (χ3v) is 5.17. The van der Waals surface area contributed by atoms with E-state index in [0.29, 0.717) is 17.9 Å². The first-order chi connectivity index (χ1) is 11.7. The first-order valence-corrected chi connectivity index (χ1v) is 9.40. The maximum Gasteiger partial charge on any atom is 0.220 e. The first-order valence-electron chi connectivity index (χ1n) is 9.40. The van der Waals surface area contributed by atoms with Crippen LogP contribution in [-0.2, 0) is 9.53 Å². The van der Waals surface area contributed by atoms with E-state index >= 15 is 0 Å². The lowest BCUT2D eigenvalue weighted by molar-refractivity contribution is -0.121. The summed E-state index contributed by atoms with van der Waals surface area (Å²) in [6.07, 6.45) is 9.96. The Morgan fingerprint density at radius 3 is 2.56 bits per heavy atom. The van der Waals surface area contributed by atoms with E-state index in [1.807, 2.05) is 0 Å². The van der Waals surface area contributed by atoms with Crippen molar-refractivity contribution in [2.45, 2.75) is 63.8 Å². The molecule has 0 aliphatic heterocycles. The number of ether oxygens (including phenoxy) is 1. The largest absolute Gasteiger partial charge is 0.385 e. The third kappa shape index (κ3) is 8.57. The molecule has 0 aromatic rings. The van der Waals surface area contributed by atoms with Gasteiger partial charge in [0.25, 0.3) is 0 Å². The van der Waals surface area contributed by atoms with Crippen molar-refractivity contribution in [3.05, 3.63) is 0 Å². The molecule has 2 aliphatic carbocycles. The molecule has 0 aromatic carbocycles. The molecule has 2 fully saturated rings. The number of rotatable bonds is 10. The van der Waals surface area contributed by atoms with Crippen LogP contribution in [0.15, 0.2) is 4.99 Å². The molecule has 7 heteroatoms. The summed E-state index contributed by atoms with van der Waals surface area (Å²) in [6, 6.07) is 0.453. The van der Waals surface area contributed by atoms with Gasteiger partial charge >= 0.3 is 0 Å². The summed E-state index contributed by atoms with van der Waals surface area (Å²) in [6.45, 7) is 2.53. The van der Waals surface area contributed by atoms with Crippen LogP contribution in [-0.4, -0.2) is 51.8 Å². The van der Waals surface area contributed by atoms with Crippen LogP contribution in [0.25, 0.3) is 0 Å². The molecule has 6 nitrogen and oxygen atoms in total. The quantitative estimate of drug-likeness (QED) is 0.200. The fourth-order valence-electron chi connectivity index (χ4n) is 3.43. The Morgan fingerprint density at radius 2 is 1.96 bits per heavy atom. The Balaban J connectivity index is 0.00000312. The van der Waals surface area contributed by atoms with Crippen molar-refractivity contribution in [2.24, 2.45) is 10.4 Å². The van der Waals surface area contributed by atoms with Gasteiger partial charge in [0.1, 0.15) is 0 Å². The van der Waals surface area contributed by atoms with Gasteiger partial charge in [0.15, 0.2) is 5.96 Å². The van der Waals surface area contributed by atoms with E-state index in [1.54, 1.807) is 14.2 Å². The fraction of sp³-hybridized carbons (Fsp3) is 0.889. The van der Waals surface area contributed by atoms with Crippen molar-refractivity contribution in [1.29, 1.82) is 0 Å². The summed E-state index contributed by atoms with van der Waals surface area (Å²) in [5.74, 6) is 1.01. The second-order valence-corrected chi connectivity index (χ2v) is 7.25. The predicted octanol–water partition coefficient (Wildman–Crippen LogP) is 2.43. The summed E-state index contributed by atoms with van der Waals surface area (Å²) < 4.78 is 5.28. The van der Waals surface area contributed by atoms with Crippen molar-refractivity contribution in [3.8, 4) is 0 Å². The number of nitrogens with one attached hydrogen (secondary N) is 3. The molecule has 0 bridgehead atoms. The maximum absolute atomic E-state index is 11.7. The number of aliphatic imine (C=N–C) groups is 1. The highest BCUT2D eigenvalue weighted by Crippen LogP contribution is 2.40. The minimum Gasteiger partial charge on any atom is -0.385 e. The topological polar surface area (TPSA) is 74.8 Å². The first kappa shape index (κ1) is 22.5. The zero-order chi connectivity index (χ0) is 17.3. The van der Waals surface area contributed by atoms with E-state index in [1.165, 1.54) is 25.7 Å². The summed E-state index contributed by atoms with van der Waals surface area (Å²) in [7, 11) is 3.57. The molecular formula is C18H35IN4O2. The molecule has 3 N–H and O–H groups in total. The van der Waals surface area contributed by atoms with Crippen LogP contribution in [0.2, 0.25) is 0 Å². The third-order valence-electron chi connectivity index (χ3n) is 5.17. The predicted molar refractivity (Wildman–Crippen MR) is 113 cm³/mol. The summed E-state index contributed by atoms with van der Waals surface area (Å²) in [5.41, 5.74) is 0.345. The van der Waals surface area contributed by atoms with E-state index in [-0.39, 0.29) is 29.9 Å².